The average Bonchev–Trinajstić information content (AvgIpc) is 3.26. The summed E-state index contributed by atoms with van der Waals surface area (Å²) in [6, 6.07) is 17.3. The molecule has 2 amide bonds. The van der Waals surface area contributed by atoms with E-state index < -0.39 is 21.7 Å². The fraction of sp³-hybridized carbons (Fsp3) is 0.192. The molecule has 9 heteroatoms. The zero-order valence-electron chi connectivity index (χ0n) is 19.6. The third kappa shape index (κ3) is 4.54. The highest BCUT2D eigenvalue weighted by molar-refractivity contribution is 7.91. The van der Waals surface area contributed by atoms with Crippen molar-refractivity contribution in [3.05, 3.63) is 89.4 Å². The van der Waals surface area contributed by atoms with Crippen LogP contribution in [0.1, 0.15) is 51.9 Å². The van der Waals surface area contributed by atoms with Crippen LogP contribution in [0.3, 0.4) is 0 Å². The van der Waals surface area contributed by atoms with Gasteiger partial charge in [-0.2, -0.15) is 0 Å². The number of amides is 2. The Kier molecular flexibility index (Phi) is 6.45. The number of nitrogens with two attached hydrogens (primary N) is 1. The van der Waals surface area contributed by atoms with Gasteiger partial charge in [0.25, 0.3) is 11.8 Å². The molecule has 0 bridgehead atoms. The Morgan fingerprint density at radius 3 is 2.40 bits per heavy atom. The van der Waals surface area contributed by atoms with Gasteiger partial charge >= 0.3 is 0 Å². The van der Waals surface area contributed by atoms with Crippen LogP contribution < -0.4 is 5.73 Å². The van der Waals surface area contributed by atoms with E-state index in [4.69, 9.17) is 5.73 Å². The summed E-state index contributed by atoms with van der Waals surface area (Å²) in [5.74, 6) is -1.78. The fourth-order valence-electron chi connectivity index (χ4n) is 4.15. The molecule has 0 aliphatic heterocycles. The zero-order chi connectivity index (χ0) is 25.3. The second kappa shape index (κ2) is 9.34. The molecule has 0 unspecified atom stereocenters. The van der Waals surface area contributed by atoms with E-state index in [1.807, 2.05) is 30.3 Å². The summed E-state index contributed by atoms with van der Waals surface area (Å²) in [4.78, 5) is 34.1. The number of hydrogen-bond donors (Lipinski definition) is 2. The first-order valence-electron chi connectivity index (χ1n) is 11.1. The monoisotopic (exact) mass is 490 g/mol. The van der Waals surface area contributed by atoms with Gasteiger partial charge in [0, 0.05) is 30.7 Å². The van der Waals surface area contributed by atoms with Gasteiger partial charge in [0.15, 0.2) is 0 Å². The van der Waals surface area contributed by atoms with E-state index >= 15 is 0 Å². The molecule has 0 radical (unpaired) electrons. The van der Waals surface area contributed by atoms with Crippen molar-refractivity contribution in [3.8, 4) is 0 Å². The van der Waals surface area contributed by atoms with Crippen molar-refractivity contribution in [3.63, 3.8) is 0 Å². The number of aromatic nitrogens is 2. The van der Waals surface area contributed by atoms with Crippen LogP contribution in [0.5, 0.6) is 0 Å². The van der Waals surface area contributed by atoms with Gasteiger partial charge in [0.2, 0.25) is 9.84 Å². The van der Waals surface area contributed by atoms with Gasteiger partial charge in [0.05, 0.1) is 10.4 Å². The molecule has 0 aliphatic carbocycles. The summed E-state index contributed by atoms with van der Waals surface area (Å²) in [6.07, 6.45) is 1.72. The highest BCUT2D eigenvalue weighted by Gasteiger charge is 2.35. The lowest BCUT2D eigenvalue weighted by Crippen LogP contribution is -2.27. The number of H-pyrrole nitrogens is 1. The number of nitrogens with one attached hydrogen (secondary N) is 1. The van der Waals surface area contributed by atoms with Crippen molar-refractivity contribution >= 4 is 32.6 Å². The molecule has 2 aromatic carbocycles. The number of aromatic amines is 1. The minimum atomic E-state index is -4.12. The number of benzene rings is 2. The summed E-state index contributed by atoms with van der Waals surface area (Å²) in [7, 11) is -2.50. The molecule has 0 fully saturated rings. The van der Waals surface area contributed by atoms with Gasteiger partial charge in [-0.25, -0.2) is 8.42 Å². The number of sulfone groups is 1. The number of fused-ring (bicyclic) bond motifs is 1. The smallest absolute Gasteiger partial charge is 0.270 e. The maximum Gasteiger partial charge on any atom is 0.270 e. The van der Waals surface area contributed by atoms with Crippen molar-refractivity contribution in [2.75, 3.05) is 7.05 Å². The lowest BCUT2D eigenvalue weighted by atomic mass is 10.0. The maximum atomic E-state index is 13.5. The summed E-state index contributed by atoms with van der Waals surface area (Å²) >= 11 is 0. The predicted molar refractivity (Wildman–Crippen MR) is 133 cm³/mol. The summed E-state index contributed by atoms with van der Waals surface area (Å²) in [6.45, 7) is 3.81. The van der Waals surface area contributed by atoms with Crippen LogP contribution in [0, 0.1) is 0 Å². The van der Waals surface area contributed by atoms with E-state index in [1.165, 1.54) is 17.0 Å². The molecule has 4 aromatic rings. The molecular weight excluding hydrogens is 464 g/mol. The molecule has 0 spiro atoms. The van der Waals surface area contributed by atoms with E-state index in [0.29, 0.717) is 0 Å². The van der Waals surface area contributed by atoms with Crippen LogP contribution in [0.4, 0.5) is 0 Å². The molecule has 2 heterocycles. The molecule has 180 valence electrons. The Hall–Kier alpha value is -3.98. The largest absolute Gasteiger partial charge is 0.364 e. The van der Waals surface area contributed by atoms with Crippen LogP contribution in [0.15, 0.2) is 76.7 Å². The fourth-order valence-corrected chi connectivity index (χ4v) is 5.95. The molecular formula is C26H26N4O4S. The Morgan fingerprint density at radius 1 is 1.03 bits per heavy atom. The Balaban J connectivity index is 1.78. The SMILES string of the molecule is CC(C)c1c(C(=O)N(C)Cc2ccc3ncccc3c2)[nH]c(C(N)=O)c1S(=O)(=O)c1ccccc1. The van der Waals surface area contributed by atoms with Gasteiger partial charge in [-0.05, 0) is 41.8 Å². The average molecular weight is 491 g/mol. The minimum Gasteiger partial charge on any atom is -0.364 e. The summed E-state index contributed by atoms with van der Waals surface area (Å²) in [5.41, 5.74) is 7.26. The van der Waals surface area contributed by atoms with Crippen molar-refractivity contribution in [1.82, 2.24) is 14.9 Å². The highest BCUT2D eigenvalue weighted by Crippen LogP contribution is 2.35. The van der Waals surface area contributed by atoms with Crippen molar-refractivity contribution in [2.24, 2.45) is 5.73 Å². The number of primary amides is 1. The Labute approximate surface area is 203 Å². The van der Waals surface area contributed by atoms with E-state index in [-0.39, 0.29) is 39.2 Å². The molecule has 35 heavy (non-hydrogen) atoms. The zero-order valence-corrected chi connectivity index (χ0v) is 20.5. The summed E-state index contributed by atoms with van der Waals surface area (Å²) in [5, 5.41) is 0.945. The molecule has 0 saturated heterocycles. The quantitative estimate of drug-likeness (QED) is 0.406. The molecule has 4 rings (SSSR count). The maximum absolute atomic E-state index is 13.5. The topological polar surface area (TPSA) is 126 Å². The van der Waals surface area contributed by atoms with Gasteiger partial charge in [0.1, 0.15) is 16.3 Å². The van der Waals surface area contributed by atoms with E-state index in [2.05, 4.69) is 9.97 Å². The van der Waals surface area contributed by atoms with Crippen LogP contribution >= 0.6 is 0 Å². The first kappa shape index (κ1) is 24.2. The number of carbonyl (C=O) groups excluding carboxylic acids is 2. The molecule has 0 aliphatic rings. The van der Waals surface area contributed by atoms with E-state index in [1.54, 1.807) is 45.3 Å². The van der Waals surface area contributed by atoms with Crippen molar-refractivity contribution in [2.45, 2.75) is 36.1 Å². The van der Waals surface area contributed by atoms with Crippen LogP contribution in [-0.2, 0) is 16.4 Å². The molecule has 3 N–H and O–H groups in total. The second-order valence-corrected chi connectivity index (χ2v) is 10.5. The molecule has 8 nitrogen and oxygen atoms in total. The second-order valence-electron chi connectivity index (χ2n) is 8.64. The van der Waals surface area contributed by atoms with Gasteiger partial charge in [-0.15, -0.1) is 0 Å². The molecule has 2 aromatic heterocycles. The molecule has 0 atom stereocenters. The van der Waals surface area contributed by atoms with Crippen LogP contribution in [0.25, 0.3) is 10.9 Å². The van der Waals surface area contributed by atoms with Gasteiger partial charge in [-0.1, -0.05) is 44.2 Å². The van der Waals surface area contributed by atoms with Crippen LogP contribution in [-0.4, -0.2) is 42.1 Å². The van der Waals surface area contributed by atoms with E-state index in [0.717, 1.165) is 16.5 Å². The Morgan fingerprint density at radius 2 is 1.74 bits per heavy atom. The number of pyridine rings is 1. The number of nitrogens with zero attached hydrogens (tertiary/aromatic N) is 2. The lowest BCUT2D eigenvalue weighted by molar-refractivity contribution is 0.0778. The molecule has 0 saturated carbocycles. The highest BCUT2D eigenvalue weighted by atomic mass is 32.2. The van der Waals surface area contributed by atoms with Gasteiger partial charge in [-0.3, -0.25) is 14.6 Å². The number of carbonyl (C=O) groups is 2. The minimum absolute atomic E-state index is 0.0144. The first-order chi connectivity index (χ1) is 16.6. The number of hydrogen-bond acceptors (Lipinski definition) is 5. The first-order valence-corrected chi connectivity index (χ1v) is 12.5. The van der Waals surface area contributed by atoms with Crippen LogP contribution in [0.2, 0.25) is 0 Å². The Bertz CT molecular complexity index is 1530. The standard InChI is InChI=1S/C26H26N4O4S/c1-16(2)21-22(26(32)30(3)15-17-11-12-20-18(14-17)8-7-13-28-20)29-23(25(27)31)24(21)35(33,34)19-9-5-4-6-10-19/h4-14,16,29H,15H2,1-3H3,(H2,27,31). The van der Waals surface area contributed by atoms with Crippen molar-refractivity contribution in [1.29, 1.82) is 0 Å². The lowest BCUT2D eigenvalue weighted by Gasteiger charge is -2.19. The third-order valence-electron chi connectivity index (χ3n) is 5.78. The summed E-state index contributed by atoms with van der Waals surface area (Å²) < 4.78 is 27.1. The normalized spacial score (nSPS) is 11.7. The number of rotatable bonds is 7. The van der Waals surface area contributed by atoms with Gasteiger partial charge < -0.3 is 15.6 Å². The van der Waals surface area contributed by atoms with E-state index in [9.17, 15) is 18.0 Å². The third-order valence-corrected chi connectivity index (χ3v) is 7.64. The van der Waals surface area contributed by atoms with Crippen molar-refractivity contribution < 1.29 is 18.0 Å². The predicted octanol–water partition coefficient (Wildman–Crippen LogP) is 3.89.